The van der Waals surface area contributed by atoms with Gasteiger partial charge in [-0.05, 0) is 0 Å². The van der Waals surface area contributed by atoms with Crippen LogP contribution in [0.5, 0.6) is 0 Å². The smallest absolute Gasteiger partial charge is 0.338 e. The lowest BCUT2D eigenvalue weighted by Gasteiger charge is -2.02. The molecule has 1 rings (SSSR count). The van der Waals surface area contributed by atoms with Crippen LogP contribution in [0.3, 0.4) is 0 Å². The van der Waals surface area contributed by atoms with Crippen molar-refractivity contribution in [3.05, 3.63) is 18.2 Å². The van der Waals surface area contributed by atoms with Crippen LogP contribution < -0.4 is 0 Å². The van der Waals surface area contributed by atoms with Gasteiger partial charge in [0.1, 0.15) is 5.82 Å². The highest BCUT2D eigenvalue weighted by molar-refractivity contribution is 7.46. The predicted octanol–water partition coefficient (Wildman–Crippen LogP) is 2.57. The maximum Gasteiger partial charge on any atom is 0.549 e. The molecule has 1 heterocycles. The van der Waals surface area contributed by atoms with Gasteiger partial charge in [0, 0.05) is 25.4 Å². The molecule has 0 atom stereocenters. The maximum atomic E-state index is 10.1. The van der Waals surface area contributed by atoms with Crippen molar-refractivity contribution in [2.75, 3.05) is 0 Å². The van der Waals surface area contributed by atoms with Crippen molar-refractivity contribution in [2.24, 2.45) is 7.05 Å². The summed E-state index contributed by atoms with van der Waals surface area (Å²) >= 11 is 0. The van der Waals surface area contributed by atoms with E-state index >= 15 is 0 Å². The Morgan fingerprint density at radius 2 is 2.00 bits per heavy atom. The first-order valence-corrected chi connectivity index (χ1v) is 5.35. The molecule has 0 amide bonds. The summed E-state index contributed by atoms with van der Waals surface area (Å²) in [6.45, 7) is 4.28. The molecular weight excluding hydrogens is 213 g/mol. The number of aryl methyl sites for hydroxylation is 1. The van der Waals surface area contributed by atoms with E-state index in [9.17, 15) is 8.39 Å². The molecule has 0 spiro atoms. The molecule has 0 aromatic carbocycles. The van der Waals surface area contributed by atoms with Crippen molar-refractivity contribution < 1.29 is 17.9 Å². The number of halogens is 2. The fourth-order valence-corrected chi connectivity index (χ4v) is 0.933. The average molecular weight is 226 g/mol. The SMILES string of the molecule is CC(C)c1nccn1C.O=P(O)(F)F. The van der Waals surface area contributed by atoms with Gasteiger partial charge < -0.3 is 4.57 Å². The number of rotatable bonds is 1. The lowest BCUT2D eigenvalue weighted by Crippen LogP contribution is -1.98. The molecule has 1 N–H and O–H groups in total. The zero-order chi connectivity index (χ0) is 11.4. The van der Waals surface area contributed by atoms with Crippen molar-refractivity contribution in [3.63, 3.8) is 0 Å². The molecule has 0 radical (unpaired) electrons. The van der Waals surface area contributed by atoms with Crippen LogP contribution in [-0.4, -0.2) is 14.4 Å². The summed E-state index contributed by atoms with van der Waals surface area (Å²) in [5, 5.41) is 0. The fraction of sp³-hybridized carbons (Fsp3) is 0.571. The third-order valence-corrected chi connectivity index (χ3v) is 1.37. The van der Waals surface area contributed by atoms with Crippen LogP contribution >= 0.6 is 7.99 Å². The first-order valence-electron chi connectivity index (χ1n) is 3.91. The summed E-state index contributed by atoms with van der Waals surface area (Å²) in [7, 11) is -3.62. The van der Waals surface area contributed by atoms with Gasteiger partial charge >= 0.3 is 7.99 Å². The van der Waals surface area contributed by atoms with Gasteiger partial charge in [-0.15, -0.1) is 8.39 Å². The highest BCUT2D eigenvalue weighted by atomic mass is 31.2. The van der Waals surface area contributed by atoms with Crippen LogP contribution in [0.2, 0.25) is 0 Å². The molecule has 1 aromatic heterocycles. The van der Waals surface area contributed by atoms with Crippen LogP contribution in [-0.2, 0) is 11.6 Å². The molecule has 0 fully saturated rings. The zero-order valence-corrected chi connectivity index (χ0v) is 9.08. The van der Waals surface area contributed by atoms with Crippen LogP contribution in [0.15, 0.2) is 12.4 Å². The minimum absolute atomic E-state index is 0.532. The minimum atomic E-state index is -5.64. The Bertz CT molecular complexity index is 313. The second-order valence-electron chi connectivity index (χ2n) is 2.99. The molecule has 4 nitrogen and oxygen atoms in total. The minimum Gasteiger partial charge on any atom is -0.338 e. The molecular formula is C7H13F2N2O2P. The Morgan fingerprint density at radius 1 is 1.57 bits per heavy atom. The van der Waals surface area contributed by atoms with Crippen LogP contribution in [0.1, 0.15) is 25.6 Å². The lowest BCUT2D eigenvalue weighted by molar-refractivity contribution is 0.376. The van der Waals surface area contributed by atoms with Gasteiger partial charge in [0.2, 0.25) is 0 Å². The first-order chi connectivity index (χ1) is 6.22. The summed E-state index contributed by atoms with van der Waals surface area (Å²) in [5.41, 5.74) is 0. The Kier molecular flexibility index (Phi) is 4.94. The summed E-state index contributed by atoms with van der Waals surface area (Å²) < 4.78 is 30.7. The van der Waals surface area contributed by atoms with Crippen molar-refractivity contribution in [1.29, 1.82) is 0 Å². The molecule has 82 valence electrons. The van der Waals surface area contributed by atoms with E-state index in [2.05, 4.69) is 18.8 Å². The highest BCUT2D eigenvalue weighted by Gasteiger charge is 2.09. The van der Waals surface area contributed by atoms with Crippen LogP contribution in [0.25, 0.3) is 0 Å². The first kappa shape index (κ1) is 13.3. The number of hydrogen-bond donors (Lipinski definition) is 1. The van der Waals surface area contributed by atoms with E-state index in [1.807, 2.05) is 24.0 Å². The van der Waals surface area contributed by atoms with Gasteiger partial charge in [0.25, 0.3) is 0 Å². The largest absolute Gasteiger partial charge is 0.549 e. The third kappa shape index (κ3) is 6.74. The van der Waals surface area contributed by atoms with Gasteiger partial charge in [-0.25, -0.2) is 9.55 Å². The average Bonchev–Trinajstić information content (AvgIpc) is 2.30. The number of hydrogen-bond acceptors (Lipinski definition) is 2. The molecule has 14 heavy (non-hydrogen) atoms. The second kappa shape index (κ2) is 5.22. The summed E-state index contributed by atoms with van der Waals surface area (Å²) in [6, 6.07) is 0. The molecule has 0 saturated carbocycles. The summed E-state index contributed by atoms with van der Waals surface area (Å²) in [5.74, 6) is 1.68. The zero-order valence-electron chi connectivity index (χ0n) is 8.19. The molecule has 0 saturated heterocycles. The molecule has 7 heteroatoms. The molecule has 0 aliphatic carbocycles. The van der Waals surface area contributed by atoms with E-state index in [0.717, 1.165) is 5.82 Å². The van der Waals surface area contributed by atoms with Gasteiger partial charge in [-0.3, -0.25) is 4.89 Å². The number of aromatic nitrogens is 2. The van der Waals surface area contributed by atoms with Crippen LogP contribution in [0, 0.1) is 0 Å². The molecule has 0 aliphatic rings. The third-order valence-electron chi connectivity index (χ3n) is 1.37. The Hall–Kier alpha value is -0.740. The van der Waals surface area contributed by atoms with E-state index in [-0.39, 0.29) is 0 Å². The molecule has 0 unspecified atom stereocenters. The standard InChI is InChI=1S/C7H12N2.F2HO2P/c1-6(2)7-8-4-5-9(7)3;1-5(2,3)4/h4-6H,1-3H3;(H,3,4). The maximum absolute atomic E-state index is 10.1. The van der Waals surface area contributed by atoms with Crippen molar-refractivity contribution >= 4 is 7.99 Å². The van der Waals surface area contributed by atoms with E-state index in [1.54, 1.807) is 0 Å². The van der Waals surface area contributed by atoms with Gasteiger partial charge in [0.05, 0.1) is 0 Å². The quantitative estimate of drug-likeness (QED) is 0.748. The van der Waals surface area contributed by atoms with Gasteiger partial charge in [0.15, 0.2) is 0 Å². The monoisotopic (exact) mass is 226 g/mol. The molecule has 1 aromatic rings. The Morgan fingerprint density at radius 3 is 2.14 bits per heavy atom. The lowest BCUT2D eigenvalue weighted by atomic mass is 10.2. The normalized spacial score (nSPS) is 11.1. The van der Waals surface area contributed by atoms with Gasteiger partial charge in [-0.2, -0.15) is 0 Å². The van der Waals surface area contributed by atoms with Crippen molar-refractivity contribution in [3.8, 4) is 0 Å². The van der Waals surface area contributed by atoms with Gasteiger partial charge in [-0.1, -0.05) is 13.8 Å². The summed E-state index contributed by atoms with van der Waals surface area (Å²) in [6.07, 6.45) is 3.80. The Balaban J connectivity index is 0.000000292. The second-order valence-corrected chi connectivity index (χ2v) is 3.86. The topological polar surface area (TPSA) is 55.1 Å². The fourth-order valence-electron chi connectivity index (χ4n) is 0.933. The summed E-state index contributed by atoms with van der Waals surface area (Å²) in [4.78, 5) is 10.9. The molecule has 0 aliphatic heterocycles. The van der Waals surface area contributed by atoms with Crippen molar-refractivity contribution in [2.45, 2.75) is 19.8 Å². The predicted molar refractivity (Wildman–Crippen MR) is 49.3 cm³/mol. The number of imidazole rings is 1. The number of nitrogens with zero attached hydrogens (tertiary/aromatic N) is 2. The van der Waals surface area contributed by atoms with Crippen LogP contribution in [0.4, 0.5) is 8.39 Å². The highest BCUT2D eigenvalue weighted by Crippen LogP contribution is 2.43. The van der Waals surface area contributed by atoms with E-state index in [4.69, 9.17) is 9.46 Å². The van der Waals surface area contributed by atoms with E-state index in [1.165, 1.54) is 0 Å². The van der Waals surface area contributed by atoms with E-state index < -0.39 is 7.99 Å². The Labute approximate surface area is 81.3 Å². The molecule has 0 bridgehead atoms. The van der Waals surface area contributed by atoms with Crippen molar-refractivity contribution in [1.82, 2.24) is 9.55 Å². The van der Waals surface area contributed by atoms with E-state index in [0.29, 0.717) is 5.92 Å².